The first-order chi connectivity index (χ1) is 15.0. The number of amides is 1. The van der Waals surface area contributed by atoms with Gasteiger partial charge in [0.1, 0.15) is 17.8 Å². The Kier molecular flexibility index (Phi) is 5.43. The lowest BCUT2D eigenvalue weighted by Gasteiger charge is -2.06. The summed E-state index contributed by atoms with van der Waals surface area (Å²) in [4.78, 5) is 30.9. The van der Waals surface area contributed by atoms with Gasteiger partial charge in [0.25, 0.3) is 5.69 Å². The summed E-state index contributed by atoms with van der Waals surface area (Å²) in [6, 6.07) is 13.0. The number of rotatable bonds is 6. The second-order valence-corrected chi connectivity index (χ2v) is 6.49. The third kappa shape index (κ3) is 4.42. The van der Waals surface area contributed by atoms with E-state index in [2.05, 4.69) is 20.4 Å². The van der Waals surface area contributed by atoms with Crippen molar-refractivity contribution in [3.05, 3.63) is 88.6 Å². The summed E-state index contributed by atoms with van der Waals surface area (Å²) in [5, 5.41) is 17.5. The first-order valence-electron chi connectivity index (χ1n) is 9.06. The highest BCUT2D eigenvalue weighted by molar-refractivity contribution is 5.97. The number of hydrogen-bond donors (Lipinski definition) is 1. The highest BCUT2D eigenvalue weighted by Gasteiger charge is 2.22. The SMILES string of the molecule is O=C(Cc1ccc([N+](=O)[O-])cc1)Nc1onc(-c2ccc(F)cc2)c1-c1ccncn1. The number of nitrogens with one attached hydrogen (secondary N) is 1. The van der Waals surface area contributed by atoms with Crippen LogP contribution < -0.4 is 5.32 Å². The number of benzene rings is 2. The Morgan fingerprint density at radius 1 is 1.10 bits per heavy atom. The molecule has 2 aromatic heterocycles. The second kappa shape index (κ2) is 8.49. The smallest absolute Gasteiger partial charge is 0.269 e. The molecule has 0 saturated carbocycles. The summed E-state index contributed by atoms with van der Waals surface area (Å²) >= 11 is 0. The van der Waals surface area contributed by atoms with E-state index in [9.17, 15) is 19.3 Å². The zero-order chi connectivity index (χ0) is 21.8. The van der Waals surface area contributed by atoms with E-state index < -0.39 is 16.6 Å². The van der Waals surface area contributed by atoms with Crippen molar-refractivity contribution in [2.45, 2.75) is 6.42 Å². The van der Waals surface area contributed by atoms with E-state index in [4.69, 9.17) is 4.52 Å². The van der Waals surface area contributed by atoms with Gasteiger partial charge in [-0.05, 0) is 35.9 Å². The summed E-state index contributed by atoms with van der Waals surface area (Å²) < 4.78 is 18.7. The van der Waals surface area contributed by atoms with Crippen LogP contribution in [-0.2, 0) is 11.2 Å². The highest BCUT2D eigenvalue weighted by atomic mass is 19.1. The minimum atomic E-state index is -0.511. The van der Waals surface area contributed by atoms with Crippen molar-refractivity contribution in [1.82, 2.24) is 15.1 Å². The zero-order valence-electron chi connectivity index (χ0n) is 15.9. The maximum atomic E-state index is 13.3. The first kappa shape index (κ1) is 19.8. The molecule has 4 aromatic rings. The molecule has 10 heteroatoms. The van der Waals surface area contributed by atoms with Crippen molar-refractivity contribution in [2.24, 2.45) is 0 Å². The first-order valence-corrected chi connectivity index (χ1v) is 9.06. The van der Waals surface area contributed by atoms with Crippen LogP contribution in [0.2, 0.25) is 0 Å². The molecule has 9 nitrogen and oxygen atoms in total. The molecular weight excluding hydrogens is 405 g/mol. The summed E-state index contributed by atoms with van der Waals surface area (Å²) in [6.45, 7) is 0. The summed E-state index contributed by atoms with van der Waals surface area (Å²) in [7, 11) is 0. The number of nitrogens with zero attached hydrogens (tertiary/aromatic N) is 4. The molecule has 4 rings (SSSR count). The molecule has 2 aromatic carbocycles. The van der Waals surface area contributed by atoms with E-state index in [-0.39, 0.29) is 18.0 Å². The predicted octanol–water partition coefficient (Wildman–Crippen LogP) is 4.03. The van der Waals surface area contributed by atoms with Gasteiger partial charge in [-0.2, -0.15) is 0 Å². The number of nitro benzene ring substituents is 1. The Morgan fingerprint density at radius 3 is 2.48 bits per heavy atom. The monoisotopic (exact) mass is 419 g/mol. The van der Waals surface area contributed by atoms with Gasteiger partial charge in [0.15, 0.2) is 0 Å². The standard InChI is InChI=1S/C21H14FN5O4/c22-15-5-3-14(4-6-15)20-19(17-9-10-23-12-24-17)21(31-26-20)25-18(28)11-13-1-7-16(8-2-13)27(29)30/h1-10,12H,11H2,(H,25,28). The van der Waals surface area contributed by atoms with Crippen molar-refractivity contribution in [1.29, 1.82) is 0 Å². The fourth-order valence-electron chi connectivity index (χ4n) is 2.95. The quantitative estimate of drug-likeness (QED) is 0.370. The average molecular weight is 419 g/mol. The molecule has 0 aliphatic heterocycles. The van der Waals surface area contributed by atoms with Gasteiger partial charge in [0, 0.05) is 23.9 Å². The van der Waals surface area contributed by atoms with Crippen LogP contribution in [0.1, 0.15) is 5.56 Å². The Bertz CT molecular complexity index is 1230. The van der Waals surface area contributed by atoms with Crippen LogP contribution in [0.3, 0.4) is 0 Å². The molecule has 1 amide bonds. The van der Waals surface area contributed by atoms with E-state index in [1.165, 1.54) is 48.9 Å². The van der Waals surface area contributed by atoms with Crippen LogP contribution in [0.5, 0.6) is 0 Å². The van der Waals surface area contributed by atoms with Crippen LogP contribution in [-0.4, -0.2) is 26.0 Å². The van der Waals surface area contributed by atoms with E-state index in [1.54, 1.807) is 18.2 Å². The van der Waals surface area contributed by atoms with Crippen molar-refractivity contribution >= 4 is 17.5 Å². The molecule has 0 atom stereocenters. The Labute approximate surface area is 174 Å². The molecular formula is C21H14FN5O4. The number of aromatic nitrogens is 3. The average Bonchev–Trinajstić information content (AvgIpc) is 3.18. The zero-order valence-corrected chi connectivity index (χ0v) is 15.9. The molecule has 0 fully saturated rings. The number of nitro groups is 1. The Hall–Kier alpha value is -4.47. The molecule has 0 saturated heterocycles. The summed E-state index contributed by atoms with van der Waals surface area (Å²) in [5.41, 5.74) is 2.37. The van der Waals surface area contributed by atoms with Gasteiger partial charge >= 0.3 is 0 Å². The fraction of sp³-hybridized carbons (Fsp3) is 0.0476. The highest BCUT2D eigenvalue weighted by Crippen LogP contribution is 2.36. The number of non-ortho nitro benzene ring substituents is 1. The van der Waals surface area contributed by atoms with Crippen LogP contribution in [0, 0.1) is 15.9 Å². The lowest BCUT2D eigenvalue weighted by Crippen LogP contribution is -2.14. The van der Waals surface area contributed by atoms with Crippen LogP contribution in [0.15, 0.2) is 71.6 Å². The Balaban J connectivity index is 1.62. The molecule has 0 unspecified atom stereocenters. The van der Waals surface area contributed by atoms with Crippen LogP contribution in [0.4, 0.5) is 16.0 Å². The van der Waals surface area contributed by atoms with Crippen molar-refractivity contribution in [3.63, 3.8) is 0 Å². The number of halogens is 1. The van der Waals surface area contributed by atoms with E-state index >= 15 is 0 Å². The lowest BCUT2D eigenvalue weighted by atomic mass is 10.0. The molecule has 0 aliphatic carbocycles. The molecule has 0 aliphatic rings. The molecule has 2 heterocycles. The summed E-state index contributed by atoms with van der Waals surface area (Å²) in [5.74, 6) is -0.733. The van der Waals surface area contributed by atoms with Crippen LogP contribution in [0.25, 0.3) is 22.5 Å². The van der Waals surface area contributed by atoms with Gasteiger partial charge in [-0.15, -0.1) is 0 Å². The van der Waals surface area contributed by atoms with Gasteiger partial charge < -0.3 is 4.52 Å². The lowest BCUT2D eigenvalue weighted by molar-refractivity contribution is -0.384. The van der Waals surface area contributed by atoms with E-state index in [0.717, 1.165) is 0 Å². The maximum Gasteiger partial charge on any atom is 0.269 e. The predicted molar refractivity (Wildman–Crippen MR) is 108 cm³/mol. The minimum absolute atomic E-state index is 0.0339. The van der Waals surface area contributed by atoms with Crippen LogP contribution >= 0.6 is 0 Å². The molecule has 31 heavy (non-hydrogen) atoms. The largest absolute Gasteiger partial charge is 0.337 e. The topological polar surface area (TPSA) is 124 Å². The minimum Gasteiger partial charge on any atom is -0.337 e. The maximum absolute atomic E-state index is 13.3. The fourth-order valence-corrected chi connectivity index (χ4v) is 2.95. The summed E-state index contributed by atoms with van der Waals surface area (Å²) in [6.07, 6.45) is 2.85. The number of anilines is 1. The molecule has 0 spiro atoms. The van der Waals surface area contributed by atoms with Crippen molar-refractivity contribution in [2.75, 3.05) is 5.32 Å². The van der Waals surface area contributed by atoms with Gasteiger partial charge in [0.2, 0.25) is 11.8 Å². The number of carbonyl (C=O) groups excluding carboxylic acids is 1. The van der Waals surface area contributed by atoms with Crippen molar-refractivity contribution in [3.8, 4) is 22.5 Å². The van der Waals surface area contributed by atoms with Crippen molar-refractivity contribution < 1.29 is 18.6 Å². The number of hydrogen-bond acceptors (Lipinski definition) is 7. The van der Waals surface area contributed by atoms with E-state index in [0.29, 0.717) is 28.1 Å². The van der Waals surface area contributed by atoms with Gasteiger partial charge in [-0.1, -0.05) is 17.3 Å². The number of carbonyl (C=O) groups is 1. The van der Waals surface area contributed by atoms with Gasteiger partial charge in [0.05, 0.1) is 22.6 Å². The normalized spacial score (nSPS) is 10.6. The molecule has 154 valence electrons. The van der Waals surface area contributed by atoms with Gasteiger partial charge in [-0.3, -0.25) is 20.2 Å². The Morgan fingerprint density at radius 2 is 1.84 bits per heavy atom. The third-order valence-corrected chi connectivity index (χ3v) is 4.41. The molecule has 1 N–H and O–H groups in total. The van der Waals surface area contributed by atoms with Gasteiger partial charge in [-0.25, -0.2) is 14.4 Å². The second-order valence-electron chi connectivity index (χ2n) is 6.49. The van der Waals surface area contributed by atoms with E-state index in [1.807, 2.05) is 0 Å². The third-order valence-electron chi connectivity index (χ3n) is 4.41. The molecule has 0 bridgehead atoms. The molecule has 0 radical (unpaired) electrons.